The van der Waals surface area contributed by atoms with Crippen LogP contribution < -0.4 is 5.73 Å². The van der Waals surface area contributed by atoms with Crippen molar-refractivity contribution in [3.8, 4) is 6.07 Å². The molecule has 0 aliphatic heterocycles. The zero-order valence-corrected chi connectivity index (χ0v) is 9.28. The highest BCUT2D eigenvalue weighted by atomic mass is 35.5. The fourth-order valence-corrected chi connectivity index (χ4v) is 1.73. The van der Waals surface area contributed by atoms with E-state index in [1.807, 2.05) is 22.9 Å². The first kappa shape index (κ1) is 10.6. The van der Waals surface area contributed by atoms with Crippen LogP contribution in [0.15, 0.2) is 36.5 Å². The average Bonchev–Trinajstić information content (AvgIpc) is 2.69. The van der Waals surface area contributed by atoms with E-state index in [-0.39, 0.29) is 0 Å². The topological polar surface area (TPSA) is 54.7 Å². The molecule has 0 bridgehead atoms. The van der Waals surface area contributed by atoms with E-state index >= 15 is 0 Å². The van der Waals surface area contributed by atoms with Gasteiger partial charge in [-0.1, -0.05) is 17.7 Å². The van der Waals surface area contributed by atoms with Gasteiger partial charge in [0.05, 0.1) is 6.54 Å². The normalized spacial score (nSPS) is 10.0. The van der Waals surface area contributed by atoms with Crippen LogP contribution in [0.4, 0.5) is 5.69 Å². The summed E-state index contributed by atoms with van der Waals surface area (Å²) in [5.74, 6) is 0. The minimum absolute atomic E-state index is 0.582. The van der Waals surface area contributed by atoms with Crippen LogP contribution in [0.1, 0.15) is 11.3 Å². The highest BCUT2D eigenvalue weighted by molar-refractivity contribution is 6.30. The Bertz CT molecular complexity index is 552. The number of rotatable bonds is 2. The second kappa shape index (κ2) is 4.30. The molecule has 0 saturated heterocycles. The molecule has 2 N–H and O–H groups in total. The van der Waals surface area contributed by atoms with Gasteiger partial charge < -0.3 is 10.3 Å². The van der Waals surface area contributed by atoms with Gasteiger partial charge in [-0.2, -0.15) is 5.26 Å². The standard InChI is InChI=1S/C12H10ClN3/c13-10-4-3-9(12(15)6-10)8-16-5-1-2-11(16)7-14/h1-6H,8,15H2. The number of hydrogen-bond donors (Lipinski definition) is 1. The van der Waals surface area contributed by atoms with Gasteiger partial charge >= 0.3 is 0 Å². The third kappa shape index (κ3) is 2.02. The van der Waals surface area contributed by atoms with Crippen molar-refractivity contribution in [2.45, 2.75) is 6.54 Å². The van der Waals surface area contributed by atoms with Gasteiger partial charge in [-0.25, -0.2) is 0 Å². The van der Waals surface area contributed by atoms with Gasteiger partial charge in [0.25, 0.3) is 0 Å². The maximum Gasteiger partial charge on any atom is 0.120 e. The number of nitriles is 1. The summed E-state index contributed by atoms with van der Waals surface area (Å²) < 4.78 is 1.85. The Morgan fingerprint density at radius 1 is 1.38 bits per heavy atom. The van der Waals surface area contributed by atoms with E-state index in [1.165, 1.54) is 0 Å². The second-order valence-corrected chi connectivity index (χ2v) is 3.91. The van der Waals surface area contributed by atoms with E-state index in [0.29, 0.717) is 22.9 Å². The lowest BCUT2D eigenvalue weighted by Gasteiger charge is -2.08. The number of aromatic nitrogens is 1. The molecule has 80 valence electrons. The van der Waals surface area contributed by atoms with E-state index < -0.39 is 0 Å². The molecular formula is C12H10ClN3. The summed E-state index contributed by atoms with van der Waals surface area (Å²) in [7, 11) is 0. The zero-order valence-electron chi connectivity index (χ0n) is 8.52. The second-order valence-electron chi connectivity index (χ2n) is 3.48. The molecule has 0 atom stereocenters. The predicted molar refractivity (Wildman–Crippen MR) is 64.1 cm³/mol. The number of nitrogens with zero attached hydrogens (tertiary/aromatic N) is 2. The van der Waals surface area contributed by atoms with Gasteiger partial charge in [-0.15, -0.1) is 0 Å². The molecule has 1 aromatic heterocycles. The van der Waals surface area contributed by atoms with E-state index in [9.17, 15) is 0 Å². The lowest BCUT2D eigenvalue weighted by Crippen LogP contribution is -2.03. The van der Waals surface area contributed by atoms with Gasteiger partial charge in [0.15, 0.2) is 0 Å². The fraction of sp³-hybridized carbons (Fsp3) is 0.0833. The SMILES string of the molecule is N#Cc1cccn1Cc1ccc(Cl)cc1N. The van der Waals surface area contributed by atoms with Crippen molar-refractivity contribution >= 4 is 17.3 Å². The number of nitrogens with two attached hydrogens (primary N) is 1. The molecule has 1 aromatic carbocycles. The Balaban J connectivity index is 2.31. The van der Waals surface area contributed by atoms with E-state index in [2.05, 4.69) is 6.07 Å². The number of anilines is 1. The minimum Gasteiger partial charge on any atom is -0.398 e. The largest absolute Gasteiger partial charge is 0.398 e. The monoisotopic (exact) mass is 231 g/mol. The summed E-state index contributed by atoms with van der Waals surface area (Å²) in [6.07, 6.45) is 1.85. The van der Waals surface area contributed by atoms with Crippen molar-refractivity contribution < 1.29 is 0 Å². The quantitative estimate of drug-likeness (QED) is 0.808. The van der Waals surface area contributed by atoms with Gasteiger partial charge in [-0.3, -0.25) is 0 Å². The summed E-state index contributed by atoms with van der Waals surface area (Å²) in [6.45, 7) is 0.582. The molecule has 0 aliphatic carbocycles. The van der Waals surface area contributed by atoms with Crippen LogP contribution in [0.5, 0.6) is 0 Å². The van der Waals surface area contributed by atoms with E-state index in [0.717, 1.165) is 5.56 Å². The summed E-state index contributed by atoms with van der Waals surface area (Å²) in [4.78, 5) is 0. The van der Waals surface area contributed by atoms with Crippen molar-refractivity contribution in [1.29, 1.82) is 5.26 Å². The minimum atomic E-state index is 0.582. The Morgan fingerprint density at radius 3 is 2.88 bits per heavy atom. The number of halogens is 1. The molecule has 0 fully saturated rings. The molecule has 0 aliphatic rings. The van der Waals surface area contributed by atoms with Gasteiger partial charge in [-0.05, 0) is 29.8 Å². The Morgan fingerprint density at radius 2 is 2.19 bits per heavy atom. The Labute approximate surface area is 98.7 Å². The van der Waals surface area contributed by atoms with Crippen LogP contribution >= 0.6 is 11.6 Å². The lowest BCUT2D eigenvalue weighted by molar-refractivity contribution is 0.795. The van der Waals surface area contributed by atoms with Crippen molar-refractivity contribution in [3.05, 3.63) is 52.8 Å². The van der Waals surface area contributed by atoms with Crippen molar-refractivity contribution in [2.24, 2.45) is 0 Å². The summed E-state index contributed by atoms with van der Waals surface area (Å²) in [5, 5.41) is 9.50. The van der Waals surface area contributed by atoms with Crippen LogP contribution in [-0.2, 0) is 6.54 Å². The Hall–Kier alpha value is -1.92. The molecule has 2 rings (SSSR count). The van der Waals surface area contributed by atoms with Gasteiger partial charge in [0.2, 0.25) is 0 Å². The number of benzene rings is 1. The molecule has 0 radical (unpaired) electrons. The smallest absolute Gasteiger partial charge is 0.120 e. The molecule has 0 amide bonds. The fourth-order valence-electron chi connectivity index (χ4n) is 1.55. The first-order valence-corrected chi connectivity index (χ1v) is 5.17. The first-order chi connectivity index (χ1) is 7.70. The molecule has 1 heterocycles. The van der Waals surface area contributed by atoms with E-state index in [1.54, 1.807) is 18.2 Å². The van der Waals surface area contributed by atoms with Gasteiger partial charge in [0, 0.05) is 16.9 Å². The van der Waals surface area contributed by atoms with Crippen LogP contribution in [0.2, 0.25) is 5.02 Å². The van der Waals surface area contributed by atoms with Crippen molar-refractivity contribution in [2.75, 3.05) is 5.73 Å². The predicted octanol–water partition coefficient (Wildman–Crippen LogP) is 2.64. The van der Waals surface area contributed by atoms with Crippen LogP contribution in [0.25, 0.3) is 0 Å². The van der Waals surface area contributed by atoms with E-state index in [4.69, 9.17) is 22.6 Å². The zero-order chi connectivity index (χ0) is 11.5. The number of nitrogen functional groups attached to an aromatic ring is 1. The highest BCUT2D eigenvalue weighted by Crippen LogP contribution is 2.19. The van der Waals surface area contributed by atoms with Gasteiger partial charge in [0.1, 0.15) is 11.8 Å². The summed E-state index contributed by atoms with van der Waals surface area (Å²) in [6, 6.07) is 11.1. The third-order valence-corrected chi connectivity index (χ3v) is 2.63. The maximum absolute atomic E-state index is 8.88. The molecule has 0 spiro atoms. The molecule has 16 heavy (non-hydrogen) atoms. The van der Waals surface area contributed by atoms with Crippen LogP contribution in [-0.4, -0.2) is 4.57 Å². The lowest BCUT2D eigenvalue weighted by atomic mass is 10.2. The molecular weight excluding hydrogens is 222 g/mol. The molecule has 3 nitrogen and oxygen atoms in total. The number of hydrogen-bond acceptors (Lipinski definition) is 2. The average molecular weight is 232 g/mol. The summed E-state index contributed by atoms with van der Waals surface area (Å²) >= 11 is 5.82. The molecule has 0 saturated carbocycles. The Kier molecular flexibility index (Phi) is 2.84. The highest BCUT2D eigenvalue weighted by Gasteiger charge is 2.04. The molecule has 4 heteroatoms. The summed E-state index contributed by atoms with van der Waals surface area (Å²) in [5.41, 5.74) is 8.07. The first-order valence-electron chi connectivity index (χ1n) is 4.80. The maximum atomic E-state index is 8.88. The van der Waals surface area contributed by atoms with Crippen LogP contribution in [0, 0.1) is 11.3 Å². The third-order valence-electron chi connectivity index (χ3n) is 2.39. The van der Waals surface area contributed by atoms with Crippen LogP contribution in [0.3, 0.4) is 0 Å². The van der Waals surface area contributed by atoms with Crippen molar-refractivity contribution in [1.82, 2.24) is 4.57 Å². The van der Waals surface area contributed by atoms with Crippen molar-refractivity contribution in [3.63, 3.8) is 0 Å². The molecule has 2 aromatic rings. The molecule has 0 unspecified atom stereocenters.